The first-order valence-electron chi connectivity index (χ1n) is 9.35. The summed E-state index contributed by atoms with van der Waals surface area (Å²) in [6, 6.07) is 13.5. The zero-order valence-corrected chi connectivity index (χ0v) is 16.1. The van der Waals surface area contributed by atoms with Crippen molar-refractivity contribution in [3.05, 3.63) is 66.7 Å². The van der Waals surface area contributed by atoms with Gasteiger partial charge in [0.2, 0.25) is 0 Å². The number of esters is 1. The molecule has 0 aromatic heterocycles. The van der Waals surface area contributed by atoms with E-state index < -0.39 is 5.97 Å². The molecule has 2 rings (SSSR count). The maximum Gasteiger partial charge on any atom is 0.335 e. The van der Waals surface area contributed by atoms with Gasteiger partial charge >= 0.3 is 11.9 Å². The molecule has 0 aliphatic heterocycles. The molecule has 0 fully saturated rings. The van der Waals surface area contributed by atoms with Crippen molar-refractivity contribution < 1.29 is 24.2 Å². The van der Waals surface area contributed by atoms with Crippen molar-refractivity contribution in [2.45, 2.75) is 25.7 Å². The van der Waals surface area contributed by atoms with Crippen molar-refractivity contribution in [1.29, 1.82) is 0 Å². The van der Waals surface area contributed by atoms with Crippen LogP contribution in [0.1, 0.15) is 36.0 Å². The minimum atomic E-state index is -0.974. The van der Waals surface area contributed by atoms with Gasteiger partial charge < -0.3 is 14.6 Å². The molecule has 2 aromatic carbocycles. The summed E-state index contributed by atoms with van der Waals surface area (Å²) in [5.41, 5.74) is 1.46. The molecule has 1 N–H and O–H groups in total. The predicted octanol–water partition coefficient (Wildman–Crippen LogP) is 5.47. The molecule has 0 saturated carbocycles. The summed E-state index contributed by atoms with van der Waals surface area (Å²) in [5, 5.41) is 17.1. The molecule has 0 aliphatic carbocycles. The van der Waals surface area contributed by atoms with Crippen LogP contribution in [-0.2, 0) is 9.53 Å². The van der Waals surface area contributed by atoms with E-state index in [-0.39, 0.29) is 11.5 Å². The Balaban J connectivity index is 1.66. The van der Waals surface area contributed by atoms with Crippen LogP contribution in [0.4, 0.5) is 11.4 Å². The first-order valence-corrected chi connectivity index (χ1v) is 9.35. The molecule has 0 amide bonds. The Morgan fingerprint density at radius 2 is 1.41 bits per heavy atom. The maximum atomic E-state index is 10.9. The average Bonchev–Trinajstić information content (AvgIpc) is 2.75. The van der Waals surface area contributed by atoms with Crippen molar-refractivity contribution >= 4 is 23.3 Å². The highest BCUT2D eigenvalue weighted by molar-refractivity contribution is 5.87. The number of aromatic carboxylic acids is 1. The van der Waals surface area contributed by atoms with Crippen LogP contribution < -0.4 is 4.74 Å². The van der Waals surface area contributed by atoms with Crippen LogP contribution in [0.25, 0.3) is 0 Å². The summed E-state index contributed by atoms with van der Waals surface area (Å²) in [4.78, 5) is 21.7. The monoisotopic (exact) mass is 396 g/mol. The molecule has 0 radical (unpaired) electrons. The normalized spacial score (nSPS) is 10.6. The van der Waals surface area contributed by atoms with Crippen LogP contribution in [0.2, 0.25) is 0 Å². The van der Waals surface area contributed by atoms with Gasteiger partial charge in [-0.1, -0.05) is 6.58 Å². The van der Waals surface area contributed by atoms with E-state index in [4.69, 9.17) is 14.6 Å². The fourth-order valence-corrected chi connectivity index (χ4v) is 2.37. The summed E-state index contributed by atoms with van der Waals surface area (Å²) < 4.78 is 10.6. The summed E-state index contributed by atoms with van der Waals surface area (Å²) in [6.45, 7) is 4.38. The summed E-state index contributed by atoms with van der Waals surface area (Å²) in [7, 11) is 0. The van der Waals surface area contributed by atoms with Gasteiger partial charge in [0.25, 0.3) is 0 Å². The third-order valence-corrected chi connectivity index (χ3v) is 3.95. The Morgan fingerprint density at radius 3 is 1.97 bits per heavy atom. The summed E-state index contributed by atoms with van der Waals surface area (Å²) in [5.74, 6) is -0.597. The van der Waals surface area contributed by atoms with Crippen LogP contribution >= 0.6 is 0 Å². The second kappa shape index (κ2) is 12.1. The molecule has 29 heavy (non-hydrogen) atoms. The van der Waals surface area contributed by atoms with Gasteiger partial charge in [-0.3, -0.25) is 0 Å². The molecule has 7 heteroatoms. The number of carboxylic acids is 1. The Morgan fingerprint density at radius 1 is 0.862 bits per heavy atom. The Hall–Kier alpha value is -3.48. The van der Waals surface area contributed by atoms with E-state index >= 15 is 0 Å². The smallest absolute Gasteiger partial charge is 0.335 e. The molecule has 0 bridgehead atoms. The largest absolute Gasteiger partial charge is 0.494 e. The van der Waals surface area contributed by atoms with E-state index in [0.29, 0.717) is 24.6 Å². The second-order valence-electron chi connectivity index (χ2n) is 6.18. The van der Waals surface area contributed by atoms with E-state index in [1.807, 2.05) is 12.1 Å². The molecule has 7 nitrogen and oxygen atoms in total. The standard InChI is InChI=1S/C22H24N2O5/c1-2-21(25)29-16-6-4-3-5-15-28-20-13-11-19(12-14-20)24-23-18-9-7-17(8-10-18)22(26)27/h2,7-14H,1,3-6,15-16H2,(H,26,27). The van der Waals surface area contributed by atoms with Crippen LogP contribution in [0.15, 0.2) is 71.4 Å². The minimum absolute atomic E-state index is 0.210. The SMILES string of the molecule is C=CC(=O)OCCCCCCOc1ccc(N=Nc2ccc(C(=O)O)cc2)cc1. The van der Waals surface area contributed by atoms with Gasteiger partial charge in [0.15, 0.2) is 0 Å². The molecule has 0 saturated heterocycles. The predicted molar refractivity (Wildman–Crippen MR) is 109 cm³/mol. The highest BCUT2D eigenvalue weighted by Gasteiger charge is 2.01. The van der Waals surface area contributed by atoms with Crippen LogP contribution in [0.3, 0.4) is 0 Å². The molecule has 2 aromatic rings. The molecule has 0 heterocycles. The van der Waals surface area contributed by atoms with Crippen LogP contribution in [-0.4, -0.2) is 30.3 Å². The van der Waals surface area contributed by atoms with Gasteiger partial charge in [0.1, 0.15) is 5.75 Å². The molecule has 0 unspecified atom stereocenters. The lowest BCUT2D eigenvalue weighted by atomic mass is 10.2. The number of hydrogen-bond donors (Lipinski definition) is 1. The number of rotatable bonds is 12. The molecule has 152 valence electrons. The lowest BCUT2D eigenvalue weighted by Crippen LogP contribution is -2.02. The number of unbranched alkanes of at least 4 members (excludes halogenated alkanes) is 3. The van der Waals surface area contributed by atoms with E-state index in [2.05, 4.69) is 16.8 Å². The van der Waals surface area contributed by atoms with Gasteiger partial charge in [-0.25, -0.2) is 9.59 Å². The second-order valence-corrected chi connectivity index (χ2v) is 6.18. The highest BCUT2D eigenvalue weighted by atomic mass is 16.5. The van der Waals surface area contributed by atoms with Gasteiger partial charge in [-0.15, -0.1) is 0 Å². The van der Waals surface area contributed by atoms with Gasteiger partial charge in [0.05, 0.1) is 30.2 Å². The Bertz CT molecular complexity index is 829. The lowest BCUT2D eigenvalue weighted by Gasteiger charge is -2.06. The zero-order chi connectivity index (χ0) is 20.9. The number of azo groups is 1. The van der Waals surface area contributed by atoms with Crippen LogP contribution in [0, 0.1) is 0 Å². The number of carboxylic acid groups (broad SMARTS) is 1. The van der Waals surface area contributed by atoms with Crippen molar-refractivity contribution in [1.82, 2.24) is 0 Å². The molecule has 0 atom stereocenters. The van der Waals surface area contributed by atoms with Gasteiger partial charge in [-0.2, -0.15) is 10.2 Å². The quantitative estimate of drug-likeness (QED) is 0.222. The fourth-order valence-electron chi connectivity index (χ4n) is 2.37. The minimum Gasteiger partial charge on any atom is -0.494 e. The van der Waals surface area contributed by atoms with Crippen LogP contribution in [0.5, 0.6) is 5.75 Å². The fraction of sp³-hybridized carbons (Fsp3) is 0.273. The molecular formula is C22H24N2O5. The number of ether oxygens (including phenoxy) is 2. The third kappa shape index (κ3) is 8.38. The van der Waals surface area contributed by atoms with E-state index in [0.717, 1.165) is 31.4 Å². The topological polar surface area (TPSA) is 97.5 Å². The maximum absolute atomic E-state index is 10.9. The first kappa shape index (κ1) is 21.8. The molecule has 0 aliphatic rings. The molecular weight excluding hydrogens is 372 g/mol. The Kier molecular flexibility index (Phi) is 9.08. The number of benzene rings is 2. The molecule has 0 spiro atoms. The summed E-state index contributed by atoms with van der Waals surface area (Å²) in [6.07, 6.45) is 4.89. The number of carbonyl (C=O) groups is 2. The van der Waals surface area contributed by atoms with Crippen molar-refractivity contribution in [2.24, 2.45) is 10.2 Å². The van der Waals surface area contributed by atoms with Crippen molar-refractivity contribution in [3.8, 4) is 5.75 Å². The number of carbonyl (C=O) groups excluding carboxylic acids is 1. The lowest BCUT2D eigenvalue weighted by molar-refractivity contribution is -0.137. The van der Waals surface area contributed by atoms with Gasteiger partial charge in [-0.05, 0) is 74.2 Å². The van der Waals surface area contributed by atoms with E-state index in [9.17, 15) is 9.59 Å². The average molecular weight is 396 g/mol. The Labute approximate surface area is 169 Å². The van der Waals surface area contributed by atoms with Gasteiger partial charge in [0, 0.05) is 6.08 Å². The number of hydrogen-bond acceptors (Lipinski definition) is 6. The number of nitrogens with zero attached hydrogens (tertiary/aromatic N) is 2. The van der Waals surface area contributed by atoms with Crippen molar-refractivity contribution in [3.63, 3.8) is 0 Å². The first-order chi connectivity index (χ1) is 14.1. The van der Waals surface area contributed by atoms with E-state index in [1.54, 1.807) is 24.3 Å². The zero-order valence-electron chi connectivity index (χ0n) is 16.1. The third-order valence-electron chi connectivity index (χ3n) is 3.95. The summed E-state index contributed by atoms with van der Waals surface area (Å²) >= 11 is 0. The van der Waals surface area contributed by atoms with Crippen molar-refractivity contribution in [2.75, 3.05) is 13.2 Å². The van der Waals surface area contributed by atoms with E-state index in [1.165, 1.54) is 18.2 Å². The highest BCUT2D eigenvalue weighted by Crippen LogP contribution is 2.22.